The van der Waals surface area contributed by atoms with Gasteiger partial charge in [0.1, 0.15) is 5.54 Å². The van der Waals surface area contributed by atoms with Gasteiger partial charge in [-0.25, -0.2) is 4.79 Å². The van der Waals surface area contributed by atoms with Crippen molar-refractivity contribution in [3.05, 3.63) is 22.2 Å². The van der Waals surface area contributed by atoms with Crippen molar-refractivity contribution in [2.75, 3.05) is 14.2 Å². The molecule has 1 fully saturated rings. The van der Waals surface area contributed by atoms with Crippen LogP contribution in [0.1, 0.15) is 18.4 Å². The van der Waals surface area contributed by atoms with Gasteiger partial charge in [0.2, 0.25) is 6.08 Å². The summed E-state index contributed by atoms with van der Waals surface area (Å²) in [6, 6.07) is 3.68. The van der Waals surface area contributed by atoms with Crippen LogP contribution in [-0.4, -0.2) is 20.3 Å². The zero-order chi connectivity index (χ0) is 12.5. The highest BCUT2D eigenvalue weighted by atomic mass is 79.9. The van der Waals surface area contributed by atoms with Gasteiger partial charge in [0.25, 0.3) is 0 Å². The van der Waals surface area contributed by atoms with Crippen molar-refractivity contribution >= 4 is 22.0 Å². The molecule has 17 heavy (non-hydrogen) atoms. The number of carbonyl (C=O) groups excluding carboxylic acids is 1. The fraction of sp³-hybridized carbons (Fsp3) is 0.417. The lowest BCUT2D eigenvalue weighted by Crippen LogP contribution is -2.07. The average molecular weight is 298 g/mol. The molecule has 0 unspecified atom stereocenters. The van der Waals surface area contributed by atoms with Crippen LogP contribution in [-0.2, 0) is 10.3 Å². The molecular weight excluding hydrogens is 286 g/mol. The molecule has 90 valence electrons. The summed E-state index contributed by atoms with van der Waals surface area (Å²) in [5.74, 6) is 1.26. The molecule has 1 aromatic carbocycles. The van der Waals surface area contributed by atoms with Crippen LogP contribution >= 0.6 is 15.9 Å². The number of nitrogens with zero attached hydrogens (tertiary/aromatic N) is 1. The predicted molar refractivity (Wildman–Crippen MR) is 66.3 cm³/mol. The minimum atomic E-state index is -0.486. The molecule has 0 aromatic heterocycles. The number of isocyanates is 1. The van der Waals surface area contributed by atoms with E-state index in [0.717, 1.165) is 22.9 Å². The fourth-order valence-electron chi connectivity index (χ4n) is 1.96. The van der Waals surface area contributed by atoms with Gasteiger partial charge in [-0.3, -0.25) is 0 Å². The molecular formula is C12H12BrNO3. The van der Waals surface area contributed by atoms with Crippen LogP contribution in [0.3, 0.4) is 0 Å². The Morgan fingerprint density at radius 3 is 2.53 bits per heavy atom. The van der Waals surface area contributed by atoms with Crippen LogP contribution in [0, 0.1) is 0 Å². The molecule has 1 aliphatic carbocycles. The smallest absolute Gasteiger partial charge is 0.235 e. The summed E-state index contributed by atoms with van der Waals surface area (Å²) in [7, 11) is 3.16. The molecule has 0 heterocycles. The minimum Gasteiger partial charge on any atom is -0.493 e. The van der Waals surface area contributed by atoms with Gasteiger partial charge in [-0.2, -0.15) is 4.99 Å². The van der Waals surface area contributed by atoms with Crippen molar-refractivity contribution < 1.29 is 14.3 Å². The Bertz CT molecular complexity index is 491. The highest BCUT2D eigenvalue weighted by Crippen LogP contribution is 2.56. The third kappa shape index (κ3) is 1.96. The molecule has 0 N–H and O–H groups in total. The van der Waals surface area contributed by atoms with Crippen molar-refractivity contribution in [1.82, 2.24) is 0 Å². The second kappa shape index (κ2) is 4.51. The molecule has 5 heteroatoms. The molecule has 1 saturated carbocycles. The van der Waals surface area contributed by atoms with E-state index in [4.69, 9.17) is 9.47 Å². The van der Waals surface area contributed by atoms with Crippen molar-refractivity contribution in [2.24, 2.45) is 4.99 Å². The predicted octanol–water partition coefficient (Wildman–Crippen LogP) is 2.79. The molecule has 0 aliphatic heterocycles. The van der Waals surface area contributed by atoms with E-state index in [0.29, 0.717) is 11.5 Å². The summed E-state index contributed by atoms with van der Waals surface area (Å²) in [6.07, 6.45) is 3.29. The molecule has 0 saturated heterocycles. The third-order valence-electron chi connectivity index (χ3n) is 2.94. The Kier molecular flexibility index (Phi) is 3.22. The largest absolute Gasteiger partial charge is 0.493 e. The lowest BCUT2D eigenvalue weighted by molar-refractivity contribution is 0.348. The normalized spacial score (nSPS) is 15.9. The Morgan fingerprint density at radius 1 is 1.35 bits per heavy atom. The van der Waals surface area contributed by atoms with E-state index in [9.17, 15) is 4.79 Å². The van der Waals surface area contributed by atoms with Crippen LogP contribution in [0.15, 0.2) is 21.6 Å². The summed E-state index contributed by atoms with van der Waals surface area (Å²) in [6.45, 7) is 0. The quantitative estimate of drug-likeness (QED) is 0.634. The number of ether oxygens (including phenoxy) is 2. The number of hydrogen-bond donors (Lipinski definition) is 0. The highest BCUT2D eigenvalue weighted by molar-refractivity contribution is 9.10. The zero-order valence-electron chi connectivity index (χ0n) is 9.62. The maximum absolute atomic E-state index is 10.5. The number of rotatable bonds is 4. The number of methoxy groups -OCH3 is 2. The van der Waals surface area contributed by atoms with Gasteiger partial charge in [0.05, 0.1) is 14.2 Å². The molecule has 1 aromatic rings. The summed E-state index contributed by atoms with van der Waals surface area (Å²) >= 11 is 3.47. The van der Waals surface area contributed by atoms with Gasteiger partial charge in [-0.1, -0.05) is 15.9 Å². The van der Waals surface area contributed by atoms with E-state index >= 15 is 0 Å². The molecule has 0 atom stereocenters. The molecule has 0 spiro atoms. The molecule has 0 radical (unpaired) electrons. The molecule has 1 aliphatic rings. The average Bonchev–Trinajstić information content (AvgIpc) is 3.09. The van der Waals surface area contributed by atoms with E-state index in [1.54, 1.807) is 20.3 Å². The van der Waals surface area contributed by atoms with E-state index in [-0.39, 0.29) is 0 Å². The lowest BCUT2D eigenvalue weighted by atomic mass is 10.0. The molecule has 2 rings (SSSR count). The van der Waals surface area contributed by atoms with Gasteiger partial charge < -0.3 is 9.47 Å². The van der Waals surface area contributed by atoms with Crippen LogP contribution in [0.2, 0.25) is 0 Å². The first kappa shape index (κ1) is 12.1. The Balaban J connectivity index is 2.63. The van der Waals surface area contributed by atoms with E-state index in [2.05, 4.69) is 20.9 Å². The van der Waals surface area contributed by atoms with Crippen LogP contribution < -0.4 is 9.47 Å². The van der Waals surface area contributed by atoms with Crippen LogP contribution in [0.5, 0.6) is 11.5 Å². The maximum Gasteiger partial charge on any atom is 0.235 e. The van der Waals surface area contributed by atoms with E-state index < -0.39 is 5.54 Å². The highest BCUT2D eigenvalue weighted by Gasteiger charge is 2.48. The third-order valence-corrected chi connectivity index (χ3v) is 3.60. The first-order valence-corrected chi connectivity index (χ1v) is 5.98. The first-order valence-electron chi connectivity index (χ1n) is 5.18. The van der Waals surface area contributed by atoms with Gasteiger partial charge in [0, 0.05) is 10.0 Å². The summed E-state index contributed by atoms with van der Waals surface area (Å²) in [4.78, 5) is 14.4. The van der Waals surface area contributed by atoms with Gasteiger partial charge >= 0.3 is 0 Å². The van der Waals surface area contributed by atoms with Crippen LogP contribution in [0.25, 0.3) is 0 Å². The maximum atomic E-state index is 10.5. The second-order valence-electron chi connectivity index (χ2n) is 3.89. The Hall–Kier alpha value is -1.32. The van der Waals surface area contributed by atoms with Crippen molar-refractivity contribution in [1.29, 1.82) is 0 Å². The topological polar surface area (TPSA) is 47.9 Å². The monoisotopic (exact) mass is 297 g/mol. The molecule has 4 nitrogen and oxygen atoms in total. The lowest BCUT2D eigenvalue weighted by Gasteiger charge is -2.18. The van der Waals surface area contributed by atoms with Crippen molar-refractivity contribution in [2.45, 2.75) is 18.4 Å². The second-order valence-corrected chi connectivity index (χ2v) is 4.75. The number of benzene rings is 1. The van der Waals surface area contributed by atoms with Gasteiger partial charge in [-0.05, 0) is 25.0 Å². The summed E-state index contributed by atoms with van der Waals surface area (Å²) < 4.78 is 11.5. The standard InChI is InChI=1S/C12H12BrNO3/c1-16-9-4-3-8(13)10(11(9)17-2)12(5-6-12)14-7-15/h3-4H,5-6H2,1-2H3. The SMILES string of the molecule is COc1ccc(Br)c(C2(N=C=O)CC2)c1OC. The fourth-order valence-corrected chi connectivity index (χ4v) is 2.64. The summed E-state index contributed by atoms with van der Waals surface area (Å²) in [5, 5.41) is 0. The number of halogens is 1. The van der Waals surface area contributed by atoms with Gasteiger partial charge in [0.15, 0.2) is 11.5 Å². The number of hydrogen-bond acceptors (Lipinski definition) is 4. The van der Waals surface area contributed by atoms with Crippen LogP contribution in [0.4, 0.5) is 0 Å². The molecule has 0 amide bonds. The van der Waals surface area contributed by atoms with E-state index in [1.807, 2.05) is 12.1 Å². The Morgan fingerprint density at radius 2 is 2.06 bits per heavy atom. The van der Waals surface area contributed by atoms with Gasteiger partial charge in [-0.15, -0.1) is 0 Å². The first-order chi connectivity index (χ1) is 8.18. The molecule has 0 bridgehead atoms. The van der Waals surface area contributed by atoms with Crippen molar-refractivity contribution in [3.63, 3.8) is 0 Å². The van der Waals surface area contributed by atoms with Crippen molar-refractivity contribution in [3.8, 4) is 11.5 Å². The minimum absolute atomic E-state index is 0.486. The zero-order valence-corrected chi connectivity index (χ0v) is 11.2. The summed E-state index contributed by atoms with van der Waals surface area (Å²) in [5.41, 5.74) is 0.378. The Labute approximate surface area is 108 Å². The number of aliphatic imine (C=N–C) groups is 1. The van der Waals surface area contributed by atoms with E-state index in [1.165, 1.54) is 0 Å².